The van der Waals surface area contributed by atoms with Crippen LogP contribution < -0.4 is 10.8 Å². The third-order valence-electron chi connectivity index (χ3n) is 3.60. The molecule has 1 aromatic rings. The fourth-order valence-corrected chi connectivity index (χ4v) is 2.17. The lowest BCUT2D eigenvalue weighted by Gasteiger charge is -2.36. The van der Waals surface area contributed by atoms with Crippen molar-refractivity contribution >= 4 is 17.9 Å². The van der Waals surface area contributed by atoms with E-state index in [1.165, 1.54) is 0 Å². The van der Waals surface area contributed by atoms with Gasteiger partial charge in [0.2, 0.25) is 0 Å². The maximum Gasteiger partial charge on any atom is 0.414 e. The molecular weight excluding hydrogens is 332 g/mol. The van der Waals surface area contributed by atoms with E-state index in [2.05, 4.69) is 10.8 Å². The van der Waals surface area contributed by atoms with E-state index in [0.29, 0.717) is 19.6 Å². The van der Waals surface area contributed by atoms with Crippen molar-refractivity contribution in [1.82, 2.24) is 10.8 Å². The highest BCUT2D eigenvalue weighted by atomic mass is 16.6. The number of hydroxylamine groups is 1. The Morgan fingerprint density at radius 3 is 2.24 bits per heavy atom. The zero-order valence-electron chi connectivity index (χ0n) is 13.8. The molecule has 0 radical (unpaired) electrons. The molecule has 1 aliphatic heterocycles. The number of benzene rings is 1. The SMILES string of the molecule is C[C@@]1(NOCc2ccccc2)CCC(C(=O)O)NC1.O=C(O)C(=O)O. The van der Waals surface area contributed by atoms with Gasteiger partial charge in [-0.25, -0.2) is 9.59 Å². The number of carbonyl (C=O) groups is 3. The van der Waals surface area contributed by atoms with Gasteiger partial charge in [-0.2, -0.15) is 5.48 Å². The molecule has 0 aromatic heterocycles. The molecule has 1 unspecified atom stereocenters. The Balaban J connectivity index is 0.000000450. The number of carboxylic acid groups (broad SMARTS) is 3. The first-order chi connectivity index (χ1) is 11.7. The molecule has 1 fully saturated rings. The Hall–Kier alpha value is -2.49. The van der Waals surface area contributed by atoms with Gasteiger partial charge < -0.3 is 20.6 Å². The Morgan fingerprint density at radius 2 is 1.80 bits per heavy atom. The van der Waals surface area contributed by atoms with Crippen molar-refractivity contribution in [2.75, 3.05) is 6.54 Å². The van der Waals surface area contributed by atoms with Gasteiger partial charge in [0.1, 0.15) is 6.04 Å². The Kier molecular flexibility index (Phi) is 7.99. The van der Waals surface area contributed by atoms with Crippen LogP contribution in [0.4, 0.5) is 0 Å². The molecule has 2 atom stereocenters. The highest BCUT2D eigenvalue weighted by Crippen LogP contribution is 2.19. The molecule has 138 valence electrons. The molecule has 9 heteroatoms. The van der Waals surface area contributed by atoms with Crippen LogP contribution in [-0.4, -0.2) is 51.4 Å². The molecular formula is C16H22N2O7. The van der Waals surface area contributed by atoms with Gasteiger partial charge in [-0.05, 0) is 25.3 Å². The quantitative estimate of drug-likeness (QED) is 0.376. The third-order valence-corrected chi connectivity index (χ3v) is 3.60. The second kappa shape index (κ2) is 9.72. The van der Waals surface area contributed by atoms with Gasteiger partial charge in [-0.15, -0.1) is 0 Å². The van der Waals surface area contributed by atoms with Crippen LogP contribution in [0.25, 0.3) is 0 Å². The van der Waals surface area contributed by atoms with Crippen LogP contribution in [-0.2, 0) is 25.8 Å². The summed E-state index contributed by atoms with van der Waals surface area (Å²) in [5, 5.41) is 26.7. The molecule has 1 heterocycles. The number of rotatable bonds is 5. The summed E-state index contributed by atoms with van der Waals surface area (Å²) in [6.45, 7) is 3.11. The minimum Gasteiger partial charge on any atom is -0.480 e. The van der Waals surface area contributed by atoms with Gasteiger partial charge >= 0.3 is 17.9 Å². The Morgan fingerprint density at radius 1 is 1.20 bits per heavy atom. The molecule has 1 saturated heterocycles. The summed E-state index contributed by atoms with van der Waals surface area (Å²) in [5.74, 6) is -4.43. The van der Waals surface area contributed by atoms with E-state index in [1.807, 2.05) is 37.3 Å². The standard InChI is InChI=1S/C14H20N2O3.C2H2O4/c1-14(8-7-12(13(17)18)15-10-14)16-19-9-11-5-3-2-4-6-11;3-1(4)2(5)6/h2-6,12,15-16H,7-10H2,1H3,(H,17,18);(H,3,4)(H,5,6)/t12?,14-;/m1./s1. The van der Waals surface area contributed by atoms with E-state index in [-0.39, 0.29) is 5.54 Å². The van der Waals surface area contributed by atoms with Crippen LogP contribution in [0.2, 0.25) is 0 Å². The summed E-state index contributed by atoms with van der Waals surface area (Å²) in [4.78, 5) is 34.6. The van der Waals surface area contributed by atoms with Crippen molar-refractivity contribution in [2.45, 2.75) is 38.0 Å². The lowest BCUT2D eigenvalue weighted by atomic mass is 9.90. The molecule has 1 aromatic carbocycles. The highest BCUT2D eigenvalue weighted by molar-refractivity contribution is 6.27. The van der Waals surface area contributed by atoms with E-state index in [9.17, 15) is 4.79 Å². The largest absolute Gasteiger partial charge is 0.480 e. The smallest absolute Gasteiger partial charge is 0.414 e. The first-order valence-corrected chi connectivity index (χ1v) is 7.59. The molecule has 0 saturated carbocycles. The van der Waals surface area contributed by atoms with Crippen molar-refractivity contribution in [2.24, 2.45) is 0 Å². The van der Waals surface area contributed by atoms with Crippen LogP contribution in [0.1, 0.15) is 25.3 Å². The fraction of sp³-hybridized carbons (Fsp3) is 0.438. The van der Waals surface area contributed by atoms with Crippen LogP contribution >= 0.6 is 0 Å². The predicted octanol–water partition coefficient (Wildman–Crippen LogP) is 0.459. The molecule has 0 amide bonds. The topological polar surface area (TPSA) is 145 Å². The number of hydrogen-bond acceptors (Lipinski definition) is 6. The van der Waals surface area contributed by atoms with Gasteiger partial charge in [0.25, 0.3) is 0 Å². The summed E-state index contributed by atoms with van der Waals surface area (Å²) in [5.41, 5.74) is 3.93. The van der Waals surface area contributed by atoms with E-state index < -0.39 is 23.9 Å². The molecule has 2 rings (SSSR count). The van der Waals surface area contributed by atoms with E-state index >= 15 is 0 Å². The molecule has 9 nitrogen and oxygen atoms in total. The second-order valence-corrected chi connectivity index (χ2v) is 5.86. The number of aliphatic carboxylic acids is 3. The maximum atomic E-state index is 10.9. The van der Waals surface area contributed by atoms with Gasteiger partial charge in [-0.1, -0.05) is 30.3 Å². The summed E-state index contributed by atoms with van der Waals surface area (Å²) in [7, 11) is 0. The molecule has 0 spiro atoms. The Labute approximate surface area is 144 Å². The van der Waals surface area contributed by atoms with Crippen molar-refractivity contribution in [3.05, 3.63) is 35.9 Å². The minimum absolute atomic E-state index is 0.221. The Bertz CT molecular complexity index is 571. The van der Waals surface area contributed by atoms with Crippen molar-refractivity contribution in [3.63, 3.8) is 0 Å². The van der Waals surface area contributed by atoms with Crippen molar-refractivity contribution in [3.8, 4) is 0 Å². The predicted molar refractivity (Wildman–Crippen MR) is 86.7 cm³/mol. The number of carboxylic acids is 3. The average molecular weight is 354 g/mol. The lowest BCUT2D eigenvalue weighted by Crippen LogP contribution is -2.58. The molecule has 25 heavy (non-hydrogen) atoms. The number of piperidine rings is 1. The van der Waals surface area contributed by atoms with Crippen LogP contribution in [0.3, 0.4) is 0 Å². The van der Waals surface area contributed by atoms with Gasteiger partial charge in [0, 0.05) is 6.54 Å². The maximum absolute atomic E-state index is 10.9. The molecule has 0 bridgehead atoms. The average Bonchev–Trinajstić information content (AvgIpc) is 2.56. The minimum atomic E-state index is -1.82. The van der Waals surface area contributed by atoms with Gasteiger partial charge in [0.15, 0.2) is 0 Å². The van der Waals surface area contributed by atoms with Crippen LogP contribution in [0.5, 0.6) is 0 Å². The zero-order valence-corrected chi connectivity index (χ0v) is 13.8. The molecule has 1 aliphatic rings. The van der Waals surface area contributed by atoms with E-state index in [4.69, 9.17) is 29.7 Å². The summed E-state index contributed by atoms with van der Waals surface area (Å²) in [6, 6.07) is 9.48. The lowest BCUT2D eigenvalue weighted by molar-refractivity contribution is -0.159. The van der Waals surface area contributed by atoms with E-state index in [0.717, 1.165) is 12.0 Å². The third kappa shape index (κ3) is 7.75. The zero-order chi connectivity index (χ0) is 18.9. The summed E-state index contributed by atoms with van der Waals surface area (Å²) in [6.07, 6.45) is 1.37. The molecule has 0 aliphatic carbocycles. The summed E-state index contributed by atoms with van der Waals surface area (Å²) >= 11 is 0. The van der Waals surface area contributed by atoms with Gasteiger partial charge in [0.05, 0.1) is 12.1 Å². The monoisotopic (exact) mass is 354 g/mol. The summed E-state index contributed by atoms with van der Waals surface area (Å²) < 4.78 is 0. The van der Waals surface area contributed by atoms with Crippen molar-refractivity contribution in [1.29, 1.82) is 0 Å². The first-order valence-electron chi connectivity index (χ1n) is 7.59. The van der Waals surface area contributed by atoms with Crippen LogP contribution in [0.15, 0.2) is 30.3 Å². The molecule has 5 N–H and O–H groups in total. The second-order valence-electron chi connectivity index (χ2n) is 5.86. The van der Waals surface area contributed by atoms with Crippen LogP contribution in [0, 0.1) is 0 Å². The highest BCUT2D eigenvalue weighted by Gasteiger charge is 2.33. The fourth-order valence-electron chi connectivity index (χ4n) is 2.17. The van der Waals surface area contributed by atoms with Crippen molar-refractivity contribution < 1.29 is 34.5 Å². The first kappa shape index (κ1) is 20.6. The number of nitrogens with one attached hydrogen (secondary N) is 2. The normalized spacial score (nSPS) is 22.4. The van der Waals surface area contributed by atoms with E-state index in [1.54, 1.807) is 0 Å². The number of hydrogen-bond donors (Lipinski definition) is 5. The van der Waals surface area contributed by atoms with Gasteiger partial charge in [-0.3, -0.25) is 9.63 Å².